The highest BCUT2D eigenvalue weighted by molar-refractivity contribution is 6.30. The van der Waals surface area contributed by atoms with Gasteiger partial charge in [0.25, 0.3) is 0 Å². The Bertz CT molecular complexity index is 1220. The number of allylic oxidation sites excluding steroid dienone is 2. The average Bonchev–Trinajstić information content (AvgIpc) is 3.32. The fourth-order valence-corrected chi connectivity index (χ4v) is 3.18. The number of aromatic nitrogens is 6. The molecule has 33 heavy (non-hydrogen) atoms. The molecule has 3 rings (SSSR count). The first-order chi connectivity index (χ1) is 15.6. The number of halogens is 4. The zero-order chi connectivity index (χ0) is 24.2. The molecule has 13 heteroatoms. The summed E-state index contributed by atoms with van der Waals surface area (Å²) in [7, 11) is 0. The van der Waals surface area contributed by atoms with Crippen LogP contribution in [0.4, 0.5) is 13.2 Å². The van der Waals surface area contributed by atoms with Crippen LogP contribution in [0, 0.1) is 0 Å². The van der Waals surface area contributed by atoms with Gasteiger partial charge in [0.1, 0.15) is 18.2 Å². The van der Waals surface area contributed by atoms with Gasteiger partial charge < -0.3 is 11.5 Å². The summed E-state index contributed by atoms with van der Waals surface area (Å²) in [6, 6.07) is 6.29. The van der Waals surface area contributed by atoms with Crippen molar-refractivity contribution < 1.29 is 13.2 Å². The van der Waals surface area contributed by atoms with Crippen molar-refractivity contribution in [1.82, 2.24) is 29.1 Å². The molecule has 1 aromatic carbocycles. The Balaban J connectivity index is 2.01. The summed E-state index contributed by atoms with van der Waals surface area (Å²) < 4.78 is 42.0. The van der Waals surface area contributed by atoms with Crippen molar-refractivity contribution in [1.29, 1.82) is 0 Å². The molecule has 2 heterocycles. The van der Waals surface area contributed by atoms with Crippen LogP contribution in [-0.4, -0.2) is 35.3 Å². The number of benzene rings is 1. The van der Waals surface area contributed by atoms with Crippen molar-refractivity contribution in [2.75, 3.05) is 0 Å². The molecule has 4 N–H and O–H groups in total. The molecule has 0 spiro atoms. The van der Waals surface area contributed by atoms with Gasteiger partial charge in [0.15, 0.2) is 11.6 Å². The molecule has 176 valence electrons. The molecule has 0 unspecified atom stereocenters. The van der Waals surface area contributed by atoms with Crippen LogP contribution < -0.4 is 17.2 Å². The van der Waals surface area contributed by atoms with E-state index < -0.39 is 24.8 Å². The largest absolute Gasteiger partial charge is 0.405 e. The molecule has 0 bridgehead atoms. The second kappa shape index (κ2) is 9.94. The molecule has 0 aliphatic rings. The second-order valence-corrected chi connectivity index (χ2v) is 7.41. The lowest BCUT2D eigenvalue weighted by atomic mass is 10.2. The molecule has 0 atom stereocenters. The molecule has 0 saturated carbocycles. The summed E-state index contributed by atoms with van der Waals surface area (Å²) in [5.41, 5.74) is 11.1. The first-order valence-electron chi connectivity index (χ1n) is 9.92. The standard InChI is InChI=1S/C20H22ClF3N8O/c1-2-17-27-16(28-32(17)15(26)4-3-10-25)12-31-19(33)30(11-9-20(22,23)24)18(29-31)13-5-7-14(21)8-6-13/h3-8,10H,2,9,11-12,25-26H2,1H3/b10-3-,15-4+. The maximum absolute atomic E-state index is 12.9. The number of hydrogen-bond donors (Lipinski definition) is 2. The second-order valence-electron chi connectivity index (χ2n) is 6.97. The monoisotopic (exact) mass is 482 g/mol. The van der Waals surface area contributed by atoms with Crippen LogP contribution in [0.2, 0.25) is 5.02 Å². The molecule has 2 aromatic heterocycles. The third-order valence-corrected chi connectivity index (χ3v) is 4.84. The summed E-state index contributed by atoms with van der Waals surface area (Å²) in [6.07, 6.45) is -0.741. The topological polar surface area (TPSA) is 123 Å². The van der Waals surface area contributed by atoms with E-state index in [-0.39, 0.29) is 24.0 Å². The van der Waals surface area contributed by atoms with Gasteiger partial charge >= 0.3 is 11.9 Å². The van der Waals surface area contributed by atoms with Crippen LogP contribution in [0.15, 0.2) is 47.4 Å². The van der Waals surface area contributed by atoms with Crippen LogP contribution in [0.1, 0.15) is 25.0 Å². The first kappa shape index (κ1) is 24.1. The van der Waals surface area contributed by atoms with Crippen molar-refractivity contribution in [3.05, 3.63) is 69.8 Å². The Kier molecular flexibility index (Phi) is 7.26. The number of aryl methyl sites for hydroxylation is 1. The lowest BCUT2D eigenvalue weighted by Crippen LogP contribution is -2.27. The Morgan fingerprint density at radius 1 is 1.21 bits per heavy atom. The zero-order valence-electron chi connectivity index (χ0n) is 17.6. The highest BCUT2D eigenvalue weighted by Crippen LogP contribution is 2.23. The minimum Gasteiger partial charge on any atom is -0.405 e. The predicted molar refractivity (Wildman–Crippen MR) is 118 cm³/mol. The molecule has 0 radical (unpaired) electrons. The zero-order valence-corrected chi connectivity index (χ0v) is 18.4. The first-order valence-corrected chi connectivity index (χ1v) is 10.3. The minimum absolute atomic E-state index is 0.0866. The number of nitrogens with two attached hydrogens (primary N) is 2. The van der Waals surface area contributed by atoms with Crippen LogP contribution in [0.5, 0.6) is 0 Å². The van der Waals surface area contributed by atoms with E-state index in [1.54, 1.807) is 24.3 Å². The van der Waals surface area contributed by atoms with Gasteiger partial charge in [-0.15, -0.1) is 10.2 Å². The van der Waals surface area contributed by atoms with E-state index in [0.717, 1.165) is 9.25 Å². The Labute approximate surface area is 191 Å². The molecule has 3 aromatic rings. The molecule has 9 nitrogen and oxygen atoms in total. The molecule has 0 amide bonds. The van der Waals surface area contributed by atoms with Gasteiger partial charge in [-0.25, -0.2) is 19.1 Å². The van der Waals surface area contributed by atoms with E-state index in [4.69, 9.17) is 23.1 Å². The predicted octanol–water partition coefficient (Wildman–Crippen LogP) is 2.75. The average molecular weight is 483 g/mol. The van der Waals surface area contributed by atoms with Gasteiger partial charge in [-0.05, 0) is 42.6 Å². The Morgan fingerprint density at radius 3 is 2.52 bits per heavy atom. The Hall–Kier alpha value is -3.54. The number of nitrogens with zero attached hydrogens (tertiary/aromatic N) is 6. The van der Waals surface area contributed by atoms with Crippen molar-refractivity contribution >= 4 is 17.4 Å². The van der Waals surface area contributed by atoms with Crippen molar-refractivity contribution in [3.63, 3.8) is 0 Å². The number of rotatable bonds is 8. The van der Waals surface area contributed by atoms with Gasteiger partial charge in [-0.1, -0.05) is 18.5 Å². The van der Waals surface area contributed by atoms with E-state index >= 15 is 0 Å². The normalized spacial score (nSPS) is 12.7. The van der Waals surface area contributed by atoms with Crippen LogP contribution in [-0.2, 0) is 19.5 Å². The summed E-state index contributed by atoms with van der Waals surface area (Å²) in [5, 5.41) is 9.01. The van der Waals surface area contributed by atoms with Gasteiger partial charge in [0.2, 0.25) is 0 Å². The smallest absolute Gasteiger partial charge is 0.390 e. The van der Waals surface area contributed by atoms with E-state index in [0.29, 0.717) is 22.8 Å². The van der Waals surface area contributed by atoms with Gasteiger partial charge in [0, 0.05) is 23.6 Å². The summed E-state index contributed by atoms with van der Waals surface area (Å²) >= 11 is 5.90. The molecular formula is C20H22ClF3N8O. The summed E-state index contributed by atoms with van der Waals surface area (Å²) in [5.74, 6) is 1.11. The van der Waals surface area contributed by atoms with Crippen molar-refractivity contribution in [3.8, 4) is 11.4 Å². The summed E-state index contributed by atoms with van der Waals surface area (Å²) in [6.45, 7) is 1.12. The maximum atomic E-state index is 12.9. The number of alkyl halides is 3. The van der Waals surface area contributed by atoms with Gasteiger partial charge in [0.05, 0.1) is 6.42 Å². The SMILES string of the molecule is CCc1nc(Cn2nc(-c3ccc(Cl)cc3)n(CCC(F)(F)F)c2=O)nn1/C(N)=C/C=C\N. The molecule has 0 saturated heterocycles. The van der Waals surface area contributed by atoms with Crippen molar-refractivity contribution in [2.24, 2.45) is 11.5 Å². The lowest BCUT2D eigenvalue weighted by Gasteiger charge is -2.08. The highest BCUT2D eigenvalue weighted by atomic mass is 35.5. The third kappa shape index (κ3) is 5.83. The van der Waals surface area contributed by atoms with Gasteiger partial charge in [-0.3, -0.25) is 4.57 Å². The van der Waals surface area contributed by atoms with Gasteiger partial charge in [-0.2, -0.15) is 13.2 Å². The molecule has 0 fully saturated rings. The van der Waals surface area contributed by atoms with E-state index in [1.807, 2.05) is 6.92 Å². The van der Waals surface area contributed by atoms with Crippen LogP contribution in [0.3, 0.4) is 0 Å². The molecule has 0 aliphatic carbocycles. The quantitative estimate of drug-likeness (QED) is 0.476. The highest BCUT2D eigenvalue weighted by Gasteiger charge is 2.28. The van der Waals surface area contributed by atoms with E-state index in [2.05, 4.69) is 15.2 Å². The molecule has 0 aliphatic heterocycles. The van der Waals surface area contributed by atoms with Crippen molar-refractivity contribution in [2.45, 2.75) is 39.0 Å². The summed E-state index contributed by atoms with van der Waals surface area (Å²) in [4.78, 5) is 17.3. The maximum Gasteiger partial charge on any atom is 0.390 e. The minimum atomic E-state index is -4.43. The lowest BCUT2D eigenvalue weighted by molar-refractivity contribution is -0.136. The number of hydrogen-bond acceptors (Lipinski definition) is 6. The molecular weight excluding hydrogens is 461 g/mol. The fourth-order valence-electron chi connectivity index (χ4n) is 3.05. The third-order valence-electron chi connectivity index (χ3n) is 4.59. The van der Waals surface area contributed by atoms with Crippen LogP contribution >= 0.6 is 11.6 Å². The van der Waals surface area contributed by atoms with E-state index in [9.17, 15) is 18.0 Å². The fraction of sp³-hybridized carbons (Fsp3) is 0.300. The van der Waals surface area contributed by atoms with E-state index in [1.165, 1.54) is 23.0 Å². The van der Waals surface area contributed by atoms with Crippen LogP contribution in [0.25, 0.3) is 17.2 Å². The Morgan fingerprint density at radius 2 is 1.91 bits per heavy atom.